The zero-order valence-corrected chi connectivity index (χ0v) is 16.8. The smallest absolute Gasteiger partial charge is 0.257 e. The Hall–Kier alpha value is -2.45. The predicted molar refractivity (Wildman–Crippen MR) is 111 cm³/mol. The lowest BCUT2D eigenvalue weighted by Crippen LogP contribution is -2.34. The topological polar surface area (TPSA) is 93.4 Å². The van der Waals surface area contributed by atoms with Gasteiger partial charge in [-0.15, -0.1) is 11.3 Å². The Morgan fingerprint density at radius 3 is 2.78 bits per heavy atom. The highest BCUT2D eigenvalue weighted by Gasteiger charge is 2.25. The average molecular weight is 404 g/mol. The van der Waals surface area contributed by atoms with Crippen molar-refractivity contribution in [3.05, 3.63) is 45.8 Å². The molecule has 0 unspecified atom stereocenters. The summed E-state index contributed by atoms with van der Waals surface area (Å²) in [5, 5.41) is 6.31. The highest BCUT2D eigenvalue weighted by Crippen LogP contribution is 2.38. The number of nitrogens with two attached hydrogens (primary N) is 1. The van der Waals surface area contributed by atoms with Crippen molar-refractivity contribution >= 4 is 45.5 Å². The van der Waals surface area contributed by atoms with E-state index in [1.165, 1.54) is 11.3 Å². The van der Waals surface area contributed by atoms with Crippen molar-refractivity contribution in [3.8, 4) is 5.75 Å². The second-order valence-corrected chi connectivity index (χ2v) is 8.04. The Morgan fingerprint density at radius 1 is 1.30 bits per heavy atom. The molecule has 6 nitrogen and oxygen atoms in total. The quantitative estimate of drug-likeness (QED) is 0.667. The van der Waals surface area contributed by atoms with E-state index in [0.717, 1.165) is 29.7 Å². The van der Waals surface area contributed by atoms with Crippen LogP contribution in [0.4, 0.5) is 5.00 Å². The van der Waals surface area contributed by atoms with Gasteiger partial charge in [-0.1, -0.05) is 6.07 Å². The summed E-state index contributed by atoms with van der Waals surface area (Å²) in [6.07, 6.45) is 2.81. The Labute approximate surface area is 167 Å². The second-order valence-electron chi connectivity index (χ2n) is 6.53. The summed E-state index contributed by atoms with van der Waals surface area (Å²) in [5.41, 5.74) is 7.46. The van der Waals surface area contributed by atoms with Crippen LogP contribution in [0.3, 0.4) is 0 Å². The van der Waals surface area contributed by atoms with Crippen molar-refractivity contribution in [3.63, 3.8) is 0 Å². The maximum absolute atomic E-state index is 12.5. The van der Waals surface area contributed by atoms with Gasteiger partial charge in [-0.05, 0) is 69.1 Å². The molecule has 4 N–H and O–H groups in total. The van der Waals surface area contributed by atoms with Crippen LogP contribution in [0.2, 0.25) is 0 Å². The van der Waals surface area contributed by atoms with Crippen LogP contribution >= 0.6 is 23.6 Å². The first kappa shape index (κ1) is 19.3. The molecule has 0 radical (unpaired) electrons. The fraction of sp³-hybridized carbons (Fsp3) is 0.316. The summed E-state index contributed by atoms with van der Waals surface area (Å²) in [6.45, 7) is 3.83. The van der Waals surface area contributed by atoms with Gasteiger partial charge in [0.2, 0.25) is 0 Å². The molecule has 2 amide bonds. The molecular weight excluding hydrogens is 382 g/mol. The number of thiocarbonyl (C=S) groups is 1. The van der Waals surface area contributed by atoms with Crippen LogP contribution in [-0.2, 0) is 12.8 Å². The van der Waals surface area contributed by atoms with Crippen molar-refractivity contribution in [2.24, 2.45) is 5.73 Å². The van der Waals surface area contributed by atoms with E-state index in [0.29, 0.717) is 21.9 Å². The van der Waals surface area contributed by atoms with E-state index in [1.807, 2.05) is 13.8 Å². The molecule has 1 heterocycles. The SMILES string of the molecule is CC(C)Oc1cccc(C(=O)NC(=S)Nc2sc3c(c2C(N)=O)CCC3)c1. The Kier molecular flexibility index (Phi) is 5.76. The van der Waals surface area contributed by atoms with Gasteiger partial charge >= 0.3 is 0 Å². The molecule has 142 valence electrons. The minimum Gasteiger partial charge on any atom is -0.491 e. The third-order valence-corrected chi connectivity index (χ3v) is 5.50. The fourth-order valence-electron chi connectivity index (χ4n) is 3.05. The number of nitrogens with one attached hydrogen (secondary N) is 2. The van der Waals surface area contributed by atoms with Crippen molar-refractivity contribution in [2.75, 3.05) is 5.32 Å². The summed E-state index contributed by atoms with van der Waals surface area (Å²) < 4.78 is 5.60. The molecule has 0 bridgehead atoms. The Morgan fingerprint density at radius 2 is 2.07 bits per heavy atom. The number of carbonyl (C=O) groups is 2. The third-order valence-electron chi connectivity index (χ3n) is 4.09. The van der Waals surface area contributed by atoms with Gasteiger partial charge < -0.3 is 15.8 Å². The van der Waals surface area contributed by atoms with E-state index in [9.17, 15) is 9.59 Å². The summed E-state index contributed by atoms with van der Waals surface area (Å²) in [7, 11) is 0. The lowest BCUT2D eigenvalue weighted by Gasteiger charge is -2.12. The van der Waals surface area contributed by atoms with Crippen LogP contribution in [0.25, 0.3) is 0 Å². The number of fused-ring (bicyclic) bond motifs is 1. The number of carbonyl (C=O) groups excluding carboxylic acids is 2. The Bertz CT molecular complexity index is 906. The van der Waals surface area contributed by atoms with Gasteiger partial charge in [0.15, 0.2) is 5.11 Å². The van der Waals surface area contributed by atoms with E-state index >= 15 is 0 Å². The number of primary amides is 1. The number of rotatable bonds is 5. The van der Waals surface area contributed by atoms with Crippen LogP contribution in [0.1, 0.15) is 51.4 Å². The predicted octanol–water partition coefficient (Wildman–Crippen LogP) is 3.25. The summed E-state index contributed by atoms with van der Waals surface area (Å²) >= 11 is 6.71. The van der Waals surface area contributed by atoms with Crippen molar-refractivity contribution in [1.29, 1.82) is 0 Å². The van der Waals surface area contributed by atoms with E-state index in [4.69, 9.17) is 22.7 Å². The zero-order valence-electron chi connectivity index (χ0n) is 15.1. The maximum Gasteiger partial charge on any atom is 0.257 e. The van der Waals surface area contributed by atoms with Gasteiger partial charge in [0, 0.05) is 10.4 Å². The first-order valence-corrected chi connectivity index (χ1v) is 9.91. The first-order chi connectivity index (χ1) is 12.8. The highest BCUT2D eigenvalue weighted by molar-refractivity contribution is 7.80. The van der Waals surface area contributed by atoms with Gasteiger partial charge in [0.1, 0.15) is 10.8 Å². The van der Waals surface area contributed by atoms with E-state index in [-0.39, 0.29) is 17.1 Å². The molecule has 2 aromatic rings. The highest BCUT2D eigenvalue weighted by atomic mass is 32.1. The molecule has 27 heavy (non-hydrogen) atoms. The molecule has 0 spiro atoms. The summed E-state index contributed by atoms with van der Waals surface area (Å²) in [6, 6.07) is 6.88. The van der Waals surface area contributed by atoms with Gasteiger partial charge in [-0.3, -0.25) is 14.9 Å². The van der Waals surface area contributed by atoms with E-state index in [1.54, 1.807) is 24.3 Å². The number of hydrogen-bond donors (Lipinski definition) is 3. The lowest BCUT2D eigenvalue weighted by molar-refractivity contribution is 0.0975. The maximum atomic E-state index is 12.5. The molecular formula is C19H21N3O3S2. The minimum absolute atomic E-state index is 0.0130. The number of thiophene rings is 1. The lowest BCUT2D eigenvalue weighted by atomic mass is 10.1. The van der Waals surface area contributed by atoms with Crippen LogP contribution in [0.5, 0.6) is 5.75 Å². The minimum atomic E-state index is -0.482. The summed E-state index contributed by atoms with van der Waals surface area (Å²) in [5.74, 6) is -0.224. The Balaban J connectivity index is 1.70. The largest absolute Gasteiger partial charge is 0.491 e. The molecule has 0 atom stereocenters. The van der Waals surface area contributed by atoms with Crippen molar-refractivity contribution < 1.29 is 14.3 Å². The summed E-state index contributed by atoms with van der Waals surface area (Å²) in [4.78, 5) is 25.4. The van der Waals surface area contributed by atoms with Crippen LogP contribution in [-0.4, -0.2) is 23.0 Å². The van der Waals surface area contributed by atoms with Gasteiger partial charge in [0.05, 0.1) is 11.7 Å². The number of hydrogen-bond acceptors (Lipinski definition) is 5. The van der Waals surface area contributed by atoms with Crippen LogP contribution in [0, 0.1) is 0 Å². The van der Waals surface area contributed by atoms with Crippen LogP contribution in [0.15, 0.2) is 24.3 Å². The number of aryl methyl sites for hydroxylation is 1. The monoisotopic (exact) mass is 403 g/mol. The number of benzene rings is 1. The molecule has 1 aliphatic carbocycles. The average Bonchev–Trinajstić information content (AvgIpc) is 3.14. The molecule has 0 saturated carbocycles. The number of anilines is 1. The first-order valence-electron chi connectivity index (χ1n) is 8.68. The van der Waals surface area contributed by atoms with E-state index in [2.05, 4.69) is 10.6 Å². The number of ether oxygens (including phenoxy) is 1. The second kappa shape index (κ2) is 8.06. The molecule has 1 aromatic heterocycles. The van der Waals surface area contributed by atoms with Gasteiger partial charge in [-0.25, -0.2) is 0 Å². The van der Waals surface area contributed by atoms with E-state index < -0.39 is 5.91 Å². The standard InChI is InChI=1S/C19H21N3O3S2/c1-10(2)25-12-6-3-5-11(9-12)17(24)21-19(26)22-18-15(16(20)23)13-7-4-8-14(13)27-18/h3,5-6,9-10H,4,7-8H2,1-2H3,(H2,20,23)(H2,21,22,24,26). The molecule has 1 aromatic carbocycles. The molecule has 3 rings (SSSR count). The third kappa shape index (κ3) is 4.45. The zero-order chi connectivity index (χ0) is 19.6. The molecule has 0 fully saturated rings. The van der Waals surface area contributed by atoms with Gasteiger partial charge in [-0.2, -0.15) is 0 Å². The molecule has 1 aliphatic rings. The molecule has 0 aliphatic heterocycles. The van der Waals surface area contributed by atoms with Crippen LogP contribution < -0.4 is 21.1 Å². The van der Waals surface area contributed by atoms with Crippen molar-refractivity contribution in [1.82, 2.24) is 5.32 Å². The molecule has 8 heteroatoms. The fourth-order valence-corrected chi connectivity index (χ4v) is 4.60. The normalized spacial score (nSPS) is 12.6. The van der Waals surface area contributed by atoms with Crippen molar-refractivity contribution in [2.45, 2.75) is 39.2 Å². The number of amides is 2. The van der Waals surface area contributed by atoms with Gasteiger partial charge in [0.25, 0.3) is 11.8 Å². The molecule has 0 saturated heterocycles.